The van der Waals surface area contributed by atoms with Crippen LogP contribution in [0.5, 0.6) is 11.5 Å². The number of hydrogen-bond donors (Lipinski definition) is 1. The average molecular weight is 546 g/mol. The third-order valence-electron chi connectivity index (χ3n) is 8.11. The molecule has 0 aromatic carbocycles. The van der Waals surface area contributed by atoms with Gasteiger partial charge in [0.15, 0.2) is 17.3 Å². The zero-order valence-electron chi connectivity index (χ0n) is 19.1. The van der Waals surface area contributed by atoms with Crippen molar-refractivity contribution < 1.29 is 59.2 Å². The van der Waals surface area contributed by atoms with Gasteiger partial charge < -0.3 is 18.6 Å². The molecule has 4 aliphatic carbocycles. The number of furan rings is 2. The molecule has 0 spiro atoms. The van der Waals surface area contributed by atoms with E-state index in [1.807, 2.05) is 0 Å². The number of carbonyl (C=O) groups is 3. The summed E-state index contributed by atoms with van der Waals surface area (Å²) in [7, 11) is -6.03. The number of rotatable bonds is 8. The molecule has 3 heterocycles. The fraction of sp³-hybridized carbons (Fsp3) is 0.609. The number of halogens is 3. The first-order valence-electron chi connectivity index (χ1n) is 11.8. The van der Waals surface area contributed by atoms with Gasteiger partial charge in [0, 0.05) is 6.42 Å². The highest BCUT2D eigenvalue weighted by Crippen LogP contribution is 2.61. The topological polar surface area (TPSA) is 146 Å². The molecule has 6 bridgehead atoms. The van der Waals surface area contributed by atoms with E-state index in [1.165, 1.54) is 0 Å². The maximum atomic E-state index is 13.7. The molecule has 2 aromatic rings. The molecule has 4 saturated carbocycles. The van der Waals surface area contributed by atoms with Gasteiger partial charge in [0.25, 0.3) is 0 Å². The van der Waals surface area contributed by atoms with Crippen LogP contribution in [0.2, 0.25) is 0 Å². The van der Waals surface area contributed by atoms with E-state index in [-0.39, 0.29) is 28.2 Å². The van der Waals surface area contributed by atoms with Crippen molar-refractivity contribution in [1.82, 2.24) is 0 Å². The Morgan fingerprint density at radius 1 is 1.11 bits per heavy atom. The first kappa shape index (κ1) is 24.5. The highest BCUT2D eigenvalue weighted by atomic mass is 32.2. The summed E-state index contributed by atoms with van der Waals surface area (Å²) in [6, 6.07) is 0. The van der Waals surface area contributed by atoms with Gasteiger partial charge in [0.05, 0.1) is 12.0 Å². The SMILES string of the molecule is O=C1Oc2c(OC(=O)C34CC5CC(CC(C5)C3)C4)c3oc2c1c3C(=O)OCCC(F)C(F)(F)S(=O)(=O)O. The molecule has 1 aliphatic heterocycles. The van der Waals surface area contributed by atoms with E-state index in [4.69, 9.17) is 23.2 Å². The van der Waals surface area contributed by atoms with E-state index in [9.17, 15) is 36.0 Å². The summed E-state index contributed by atoms with van der Waals surface area (Å²) in [5.41, 5.74) is -1.87. The summed E-state index contributed by atoms with van der Waals surface area (Å²) in [5, 5.41) is -5.10. The van der Waals surface area contributed by atoms with Crippen LogP contribution in [0.1, 0.15) is 65.7 Å². The smallest absolute Gasteiger partial charge is 0.400 e. The predicted octanol–water partition coefficient (Wildman–Crippen LogP) is 3.89. The van der Waals surface area contributed by atoms with Crippen molar-refractivity contribution in [3.63, 3.8) is 0 Å². The van der Waals surface area contributed by atoms with Crippen LogP contribution in [-0.2, 0) is 19.6 Å². The number of benzene rings is 1. The lowest BCUT2D eigenvalue weighted by Crippen LogP contribution is -2.51. The molecule has 1 N–H and O–H groups in total. The number of carbonyl (C=O) groups excluding carboxylic acids is 3. The summed E-state index contributed by atoms with van der Waals surface area (Å²) in [6.45, 7) is -1.02. The van der Waals surface area contributed by atoms with E-state index >= 15 is 0 Å². The summed E-state index contributed by atoms with van der Waals surface area (Å²) in [4.78, 5) is 38.5. The third-order valence-corrected chi connectivity index (χ3v) is 9.05. The summed E-state index contributed by atoms with van der Waals surface area (Å²) in [6.07, 6.45) is 0.723. The Morgan fingerprint density at radius 2 is 1.70 bits per heavy atom. The molecule has 2 aromatic heterocycles. The molecule has 10 nitrogen and oxygen atoms in total. The van der Waals surface area contributed by atoms with Gasteiger partial charge in [-0.2, -0.15) is 17.2 Å². The Balaban J connectivity index is 1.21. The molecular weight excluding hydrogens is 525 g/mol. The van der Waals surface area contributed by atoms with Gasteiger partial charge in [-0.15, -0.1) is 0 Å². The standard InChI is InChI=1S/C23H21F3O10S/c24-12(23(25,26)37(30,31)32)1-2-33-19(27)13-14-16-17(35-20(14)28)18(15(13)34-16)36-21(29)22-6-9-3-10(7-22)5-11(4-9)8-22/h9-12H,1-8H2,(H,30,31,32). The van der Waals surface area contributed by atoms with Crippen LogP contribution in [0.25, 0.3) is 11.2 Å². The molecule has 5 aliphatic rings. The molecule has 4 fully saturated rings. The minimum absolute atomic E-state index is 0.137. The monoisotopic (exact) mass is 546 g/mol. The number of fused-ring (bicyclic) bond motifs is 1. The van der Waals surface area contributed by atoms with Crippen LogP contribution in [0, 0.1) is 23.2 Å². The van der Waals surface area contributed by atoms with E-state index in [0.717, 1.165) is 19.3 Å². The second kappa shape index (κ2) is 7.82. The van der Waals surface area contributed by atoms with E-state index in [2.05, 4.69) is 0 Å². The first-order valence-corrected chi connectivity index (χ1v) is 13.3. The molecule has 0 amide bonds. The van der Waals surface area contributed by atoms with E-state index in [0.29, 0.717) is 37.0 Å². The second-order valence-corrected chi connectivity index (χ2v) is 12.1. The van der Waals surface area contributed by atoms with Gasteiger partial charge in [-0.3, -0.25) is 9.35 Å². The fourth-order valence-corrected chi connectivity index (χ4v) is 7.34. The Labute approximate surface area is 207 Å². The Bertz CT molecular complexity index is 1390. The van der Waals surface area contributed by atoms with Gasteiger partial charge in [-0.05, 0) is 56.3 Å². The lowest BCUT2D eigenvalue weighted by Gasteiger charge is -2.55. The summed E-state index contributed by atoms with van der Waals surface area (Å²) >= 11 is 0. The van der Waals surface area contributed by atoms with Gasteiger partial charge in [0.2, 0.25) is 11.5 Å². The van der Waals surface area contributed by atoms with Crippen LogP contribution in [-0.4, -0.2) is 48.9 Å². The normalized spacial score (nSPS) is 29.1. The number of ether oxygens (including phenoxy) is 3. The van der Waals surface area contributed by atoms with Gasteiger partial charge in [0.1, 0.15) is 11.1 Å². The van der Waals surface area contributed by atoms with Crippen molar-refractivity contribution in [1.29, 1.82) is 0 Å². The minimum Gasteiger partial charge on any atom is -0.462 e. The molecule has 1 unspecified atom stereocenters. The zero-order valence-corrected chi connectivity index (χ0v) is 19.9. The predicted molar refractivity (Wildman–Crippen MR) is 115 cm³/mol. The van der Waals surface area contributed by atoms with E-state index in [1.54, 1.807) is 0 Å². The molecule has 14 heteroatoms. The Hall–Kier alpha value is -2.87. The fourth-order valence-electron chi connectivity index (χ4n) is 6.89. The van der Waals surface area contributed by atoms with Crippen molar-refractivity contribution in [2.24, 2.45) is 23.2 Å². The van der Waals surface area contributed by atoms with Crippen LogP contribution in [0.3, 0.4) is 0 Å². The maximum Gasteiger partial charge on any atom is 0.400 e. The molecule has 1 atom stereocenters. The molecule has 7 rings (SSSR count). The largest absolute Gasteiger partial charge is 0.462 e. The van der Waals surface area contributed by atoms with E-state index < -0.39 is 63.5 Å². The highest BCUT2D eigenvalue weighted by molar-refractivity contribution is 7.86. The maximum absolute atomic E-state index is 13.7. The Kier molecular flexibility index (Phi) is 5.17. The average Bonchev–Trinajstić information content (AvgIpc) is 3.41. The Morgan fingerprint density at radius 3 is 2.27 bits per heavy atom. The van der Waals surface area contributed by atoms with Gasteiger partial charge in [-0.25, -0.2) is 14.0 Å². The number of alkyl halides is 3. The van der Waals surface area contributed by atoms with Crippen LogP contribution >= 0.6 is 0 Å². The molecular formula is C23H21F3O10S. The number of esters is 3. The van der Waals surface area contributed by atoms with Gasteiger partial charge >= 0.3 is 33.3 Å². The molecule has 0 saturated heterocycles. The quantitative estimate of drug-likeness (QED) is 0.294. The van der Waals surface area contributed by atoms with Crippen molar-refractivity contribution in [3.8, 4) is 11.5 Å². The zero-order chi connectivity index (χ0) is 26.5. The minimum atomic E-state index is -6.03. The van der Waals surface area contributed by atoms with Crippen molar-refractivity contribution in [3.05, 3.63) is 11.1 Å². The number of hydrogen-bond acceptors (Lipinski definition) is 9. The summed E-state index contributed by atoms with van der Waals surface area (Å²) < 4.78 is 91.4. The van der Waals surface area contributed by atoms with Crippen LogP contribution in [0.4, 0.5) is 13.2 Å². The highest BCUT2D eigenvalue weighted by Gasteiger charge is 2.57. The van der Waals surface area contributed by atoms with Crippen LogP contribution < -0.4 is 9.47 Å². The lowest BCUT2D eigenvalue weighted by molar-refractivity contribution is -0.161. The molecule has 0 radical (unpaired) electrons. The van der Waals surface area contributed by atoms with Crippen molar-refractivity contribution in [2.45, 2.75) is 56.4 Å². The van der Waals surface area contributed by atoms with Crippen molar-refractivity contribution >= 4 is 39.2 Å². The van der Waals surface area contributed by atoms with Crippen LogP contribution in [0.15, 0.2) is 4.42 Å². The molecule has 37 heavy (non-hydrogen) atoms. The lowest BCUT2D eigenvalue weighted by atomic mass is 9.49. The van der Waals surface area contributed by atoms with Gasteiger partial charge in [-0.1, -0.05) is 0 Å². The molecule has 200 valence electrons. The third kappa shape index (κ3) is 3.55. The second-order valence-electron chi connectivity index (χ2n) is 10.6. The van der Waals surface area contributed by atoms with Crippen molar-refractivity contribution in [2.75, 3.05) is 6.61 Å². The first-order chi connectivity index (χ1) is 17.3. The summed E-state index contributed by atoms with van der Waals surface area (Å²) in [5.74, 6) is -1.79.